The molecule has 126 valence electrons. The third-order valence-electron chi connectivity index (χ3n) is 4.08. The predicted molar refractivity (Wildman–Crippen MR) is 83.1 cm³/mol. The SMILES string of the molecule is CCCCC[C@H](O)C=C[C@H]1[C@H](O)CC(=O)[C@@H]1CC(=O)OCC. The average molecular weight is 312 g/mol. The van der Waals surface area contributed by atoms with Crippen molar-refractivity contribution in [2.24, 2.45) is 11.8 Å². The van der Waals surface area contributed by atoms with Crippen LogP contribution in [-0.2, 0) is 14.3 Å². The number of hydrogen-bond donors (Lipinski definition) is 2. The van der Waals surface area contributed by atoms with Gasteiger partial charge in [0, 0.05) is 18.3 Å². The zero-order chi connectivity index (χ0) is 16.5. The number of hydrogen-bond acceptors (Lipinski definition) is 5. The summed E-state index contributed by atoms with van der Waals surface area (Å²) in [6, 6.07) is 0. The molecule has 0 aromatic carbocycles. The standard InChI is InChI=1S/C17H28O5/c1-3-5-6-7-12(18)8-9-13-14(10-17(21)22-4-2)16(20)11-15(13)19/h8-9,12-15,18-19H,3-7,10-11H2,1-2H3/t12-,13+,14+,15+/m0/s1. The van der Waals surface area contributed by atoms with E-state index in [1.165, 1.54) is 0 Å². The number of aliphatic hydroxyl groups is 2. The Hall–Kier alpha value is -1.20. The Morgan fingerprint density at radius 2 is 2.14 bits per heavy atom. The van der Waals surface area contributed by atoms with Crippen LogP contribution in [0.1, 0.15) is 52.4 Å². The lowest BCUT2D eigenvalue weighted by Crippen LogP contribution is -2.23. The van der Waals surface area contributed by atoms with Gasteiger partial charge in [0.25, 0.3) is 0 Å². The summed E-state index contributed by atoms with van der Waals surface area (Å²) in [4.78, 5) is 23.5. The smallest absolute Gasteiger partial charge is 0.306 e. The van der Waals surface area contributed by atoms with Crippen molar-refractivity contribution in [2.75, 3.05) is 6.61 Å². The van der Waals surface area contributed by atoms with Crippen LogP contribution in [0.5, 0.6) is 0 Å². The number of unbranched alkanes of at least 4 members (excludes halogenated alkanes) is 2. The highest BCUT2D eigenvalue weighted by molar-refractivity contribution is 5.88. The van der Waals surface area contributed by atoms with Crippen molar-refractivity contribution in [1.82, 2.24) is 0 Å². The number of Topliss-reactive ketones (excluding diaryl/α,β-unsaturated/α-hetero) is 1. The monoisotopic (exact) mass is 312 g/mol. The molecule has 2 N–H and O–H groups in total. The first-order valence-electron chi connectivity index (χ1n) is 8.22. The molecule has 0 unspecified atom stereocenters. The molecule has 1 fully saturated rings. The molecule has 5 nitrogen and oxygen atoms in total. The van der Waals surface area contributed by atoms with Crippen molar-refractivity contribution in [2.45, 2.75) is 64.6 Å². The number of ether oxygens (including phenoxy) is 1. The predicted octanol–water partition coefficient (Wildman–Crippen LogP) is 2.00. The summed E-state index contributed by atoms with van der Waals surface area (Å²) in [5, 5.41) is 19.9. The first-order valence-corrected chi connectivity index (χ1v) is 8.22. The molecule has 0 aliphatic heterocycles. The van der Waals surface area contributed by atoms with Crippen LogP contribution >= 0.6 is 0 Å². The fourth-order valence-corrected chi connectivity index (χ4v) is 2.84. The molecule has 1 rings (SSSR count). The molecular weight excluding hydrogens is 284 g/mol. The molecule has 5 heteroatoms. The summed E-state index contributed by atoms with van der Waals surface area (Å²) in [5.74, 6) is -1.50. The van der Waals surface area contributed by atoms with Crippen LogP contribution in [-0.4, -0.2) is 40.8 Å². The van der Waals surface area contributed by atoms with E-state index >= 15 is 0 Å². The number of carbonyl (C=O) groups excluding carboxylic acids is 2. The quantitative estimate of drug-likeness (QED) is 0.386. The van der Waals surface area contributed by atoms with E-state index in [0.717, 1.165) is 19.3 Å². The van der Waals surface area contributed by atoms with Gasteiger partial charge in [-0.2, -0.15) is 0 Å². The fraction of sp³-hybridized carbons (Fsp3) is 0.765. The van der Waals surface area contributed by atoms with E-state index in [1.54, 1.807) is 19.1 Å². The molecule has 0 bridgehead atoms. The summed E-state index contributed by atoms with van der Waals surface area (Å²) in [6.45, 7) is 4.09. The molecule has 1 aliphatic carbocycles. The number of esters is 1. The van der Waals surface area contributed by atoms with E-state index in [-0.39, 0.29) is 25.2 Å². The number of aliphatic hydroxyl groups excluding tert-OH is 2. The van der Waals surface area contributed by atoms with Gasteiger partial charge in [-0.3, -0.25) is 9.59 Å². The third kappa shape index (κ3) is 5.89. The van der Waals surface area contributed by atoms with Gasteiger partial charge in [0.05, 0.1) is 25.2 Å². The lowest BCUT2D eigenvalue weighted by molar-refractivity contribution is -0.146. The van der Waals surface area contributed by atoms with Crippen LogP contribution in [0.4, 0.5) is 0 Å². The molecule has 0 spiro atoms. The highest BCUT2D eigenvalue weighted by Crippen LogP contribution is 2.33. The van der Waals surface area contributed by atoms with Crippen LogP contribution in [0.2, 0.25) is 0 Å². The largest absolute Gasteiger partial charge is 0.466 e. The van der Waals surface area contributed by atoms with Crippen LogP contribution in [0.3, 0.4) is 0 Å². The molecule has 1 aliphatic rings. The fourth-order valence-electron chi connectivity index (χ4n) is 2.84. The second-order valence-electron chi connectivity index (χ2n) is 5.88. The molecule has 0 saturated heterocycles. The third-order valence-corrected chi connectivity index (χ3v) is 4.08. The Morgan fingerprint density at radius 1 is 1.41 bits per heavy atom. The summed E-state index contributed by atoms with van der Waals surface area (Å²) in [6.07, 6.45) is 5.80. The zero-order valence-electron chi connectivity index (χ0n) is 13.5. The Morgan fingerprint density at radius 3 is 2.77 bits per heavy atom. The van der Waals surface area contributed by atoms with Crippen LogP contribution in [0.15, 0.2) is 12.2 Å². The van der Waals surface area contributed by atoms with Gasteiger partial charge < -0.3 is 14.9 Å². The summed E-state index contributed by atoms with van der Waals surface area (Å²) < 4.78 is 4.88. The highest BCUT2D eigenvalue weighted by atomic mass is 16.5. The minimum absolute atomic E-state index is 0.00926. The van der Waals surface area contributed by atoms with E-state index < -0.39 is 30.0 Å². The molecule has 0 aromatic heterocycles. The van der Waals surface area contributed by atoms with E-state index in [4.69, 9.17) is 4.74 Å². The van der Waals surface area contributed by atoms with Crippen molar-refractivity contribution in [3.63, 3.8) is 0 Å². The number of ketones is 1. The van der Waals surface area contributed by atoms with Crippen LogP contribution in [0.25, 0.3) is 0 Å². The van der Waals surface area contributed by atoms with Gasteiger partial charge in [0.15, 0.2) is 0 Å². The first-order chi connectivity index (χ1) is 10.5. The lowest BCUT2D eigenvalue weighted by atomic mass is 9.90. The van der Waals surface area contributed by atoms with E-state index in [2.05, 4.69) is 6.92 Å². The molecule has 1 saturated carbocycles. The van der Waals surface area contributed by atoms with Crippen molar-refractivity contribution in [1.29, 1.82) is 0 Å². The second-order valence-corrected chi connectivity index (χ2v) is 5.88. The van der Waals surface area contributed by atoms with E-state index in [0.29, 0.717) is 6.42 Å². The van der Waals surface area contributed by atoms with E-state index in [1.807, 2.05) is 0 Å². The molecule has 0 aromatic rings. The number of carbonyl (C=O) groups is 2. The van der Waals surface area contributed by atoms with Crippen LogP contribution < -0.4 is 0 Å². The van der Waals surface area contributed by atoms with Gasteiger partial charge in [0.1, 0.15) is 5.78 Å². The van der Waals surface area contributed by atoms with Crippen molar-refractivity contribution < 1.29 is 24.5 Å². The lowest BCUT2D eigenvalue weighted by Gasteiger charge is -2.17. The minimum atomic E-state index is -0.786. The molecule has 0 radical (unpaired) electrons. The summed E-state index contributed by atoms with van der Waals surface area (Å²) in [7, 11) is 0. The normalized spacial score (nSPS) is 26.5. The Balaban J connectivity index is 2.60. The molecule has 0 heterocycles. The van der Waals surface area contributed by atoms with Gasteiger partial charge >= 0.3 is 5.97 Å². The van der Waals surface area contributed by atoms with Gasteiger partial charge in [-0.05, 0) is 13.3 Å². The molecule has 22 heavy (non-hydrogen) atoms. The molecular formula is C17H28O5. The zero-order valence-corrected chi connectivity index (χ0v) is 13.5. The van der Waals surface area contributed by atoms with Gasteiger partial charge in [-0.1, -0.05) is 38.3 Å². The first kappa shape index (κ1) is 18.8. The van der Waals surface area contributed by atoms with Crippen molar-refractivity contribution in [3.8, 4) is 0 Å². The van der Waals surface area contributed by atoms with Gasteiger partial charge in [0.2, 0.25) is 0 Å². The summed E-state index contributed by atoms with van der Waals surface area (Å²) >= 11 is 0. The highest BCUT2D eigenvalue weighted by Gasteiger charge is 2.41. The molecule has 4 atom stereocenters. The number of rotatable bonds is 9. The summed E-state index contributed by atoms with van der Waals surface area (Å²) in [5.41, 5.74) is 0. The van der Waals surface area contributed by atoms with Gasteiger partial charge in [-0.15, -0.1) is 0 Å². The van der Waals surface area contributed by atoms with Crippen molar-refractivity contribution >= 4 is 11.8 Å². The maximum Gasteiger partial charge on any atom is 0.306 e. The molecule has 0 amide bonds. The second kappa shape index (κ2) is 9.74. The minimum Gasteiger partial charge on any atom is -0.466 e. The topological polar surface area (TPSA) is 83.8 Å². The van der Waals surface area contributed by atoms with Gasteiger partial charge in [-0.25, -0.2) is 0 Å². The Kier molecular flexibility index (Phi) is 8.35. The Bertz CT molecular complexity index is 391. The Labute approximate surface area is 132 Å². The van der Waals surface area contributed by atoms with Crippen LogP contribution in [0, 0.1) is 11.8 Å². The maximum atomic E-state index is 11.9. The van der Waals surface area contributed by atoms with Crippen molar-refractivity contribution in [3.05, 3.63) is 12.2 Å². The van der Waals surface area contributed by atoms with E-state index in [9.17, 15) is 19.8 Å². The average Bonchev–Trinajstić information content (AvgIpc) is 2.71. The maximum absolute atomic E-state index is 11.9.